The molecule has 1 aromatic rings. The third-order valence-electron chi connectivity index (χ3n) is 2.65. The van der Waals surface area contributed by atoms with Crippen molar-refractivity contribution in [2.75, 3.05) is 23.7 Å². The minimum Gasteiger partial charge on any atom is -0.391 e. The minimum absolute atomic E-state index is 0.161. The zero-order valence-electron chi connectivity index (χ0n) is 8.91. The van der Waals surface area contributed by atoms with Gasteiger partial charge in [0, 0.05) is 13.1 Å². The van der Waals surface area contributed by atoms with E-state index in [0.29, 0.717) is 13.0 Å². The Morgan fingerprint density at radius 2 is 2.12 bits per heavy atom. The number of pyridine rings is 1. The van der Waals surface area contributed by atoms with Crippen LogP contribution in [0, 0.1) is 0 Å². The number of hydrogen-bond acceptors (Lipinski definition) is 4. The number of nitrogen functional groups attached to an aromatic ring is 1. The number of aromatic nitrogens is 1. The lowest BCUT2D eigenvalue weighted by Gasteiger charge is -2.18. The molecule has 1 fully saturated rings. The monoisotopic (exact) mass is 247 g/mol. The first-order valence-corrected chi connectivity index (χ1v) is 5.14. The fourth-order valence-corrected chi connectivity index (χ4v) is 1.81. The van der Waals surface area contributed by atoms with Crippen LogP contribution in [0.1, 0.15) is 12.0 Å². The molecule has 0 spiro atoms. The van der Waals surface area contributed by atoms with E-state index in [2.05, 4.69) is 4.98 Å². The molecular weight excluding hydrogens is 235 g/mol. The summed E-state index contributed by atoms with van der Waals surface area (Å²) in [5, 5.41) is 9.34. The first-order valence-electron chi connectivity index (χ1n) is 5.14. The van der Waals surface area contributed by atoms with E-state index in [1.165, 1.54) is 0 Å². The van der Waals surface area contributed by atoms with Gasteiger partial charge in [0.25, 0.3) is 0 Å². The number of β-amino-alcohol motifs (C(OH)–C–C–N with tert-alkyl or cyclic N) is 1. The van der Waals surface area contributed by atoms with Crippen molar-refractivity contribution in [1.82, 2.24) is 4.98 Å². The SMILES string of the molecule is Nc1cc(C(F)(F)F)cc(N2CCC(O)C2)n1. The zero-order valence-corrected chi connectivity index (χ0v) is 8.91. The van der Waals surface area contributed by atoms with Gasteiger partial charge in [-0.25, -0.2) is 4.98 Å². The van der Waals surface area contributed by atoms with Gasteiger partial charge in [-0.3, -0.25) is 0 Å². The molecule has 0 amide bonds. The summed E-state index contributed by atoms with van der Waals surface area (Å²) in [6.07, 6.45) is -4.44. The van der Waals surface area contributed by atoms with Crippen molar-refractivity contribution in [1.29, 1.82) is 0 Å². The number of alkyl halides is 3. The fraction of sp³-hybridized carbons (Fsp3) is 0.500. The Hall–Kier alpha value is -1.50. The van der Waals surface area contributed by atoms with Crippen molar-refractivity contribution < 1.29 is 18.3 Å². The molecule has 1 unspecified atom stereocenters. The van der Waals surface area contributed by atoms with Crippen molar-refractivity contribution in [3.63, 3.8) is 0 Å². The number of rotatable bonds is 1. The van der Waals surface area contributed by atoms with E-state index in [9.17, 15) is 18.3 Å². The molecule has 1 aromatic heterocycles. The Kier molecular flexibility index (Phi) is 2.86. The van der Waals surface area contributed by atoms with Crippen molar-refractivity contribution in [2.45, 2.75) is 18.7 Å². The maximum Gasteiger partial charge on any atom is 0.416 e. The first kappa shape index (κ1) is 12.0. The van der Waals surface area contributed by atoms with Crippen LogP contribution < -0.4 is 10.6 Å². The van der Waals surface area contributed by atoms with E-state index in [0.717, 1.165) is 12.1 Å². The lowest BCUT2D eigenvalue weighted by molar-refractivity contribution is -0.137. The maximum absolute atomic E-state index is 12.6. The smallest absolute Gasteiger partial charge is 0.391 e. The molecule has 0 aliphatic carbocycles. The number of nitrogens with zero attached hydrogens (tertiary/aromatic N) is 2. The van der Waals surface area contributed by atoms with Crippen LogP contribution >= 0.6 is 0 Å². The van der Waals surface area contributed by atoms with Crippen LogP contribution in [0.25, 0.3) is 0 Å². The number of nitrogens with two attached hydrogens (primary N) is 1. The van der Waals surface area contributed by atoms with Crippen molar-refractivity contribution in [3.05, 3.63) is 17.7 Å². The number of anilines is 2. The van der Waals surface area contributed by atoms with Crippen LogP contribution in [0.3, 0.4) is 0 Å². The molecule has 1 atom stereocenters. The normalized spacial score (nSPS) is 20.9. The highest BCUT2D eigenvalue weighted by atomic mass is 19.4. The van der Waals surface area contributed by atoms with Crippen LogP contribution in [0.2, 0.25) is 0 Å². The number of aliphatic hydroxyl groups is 1. The van der Waals surface area contributed by atoms with Gasteiger partial charge in [0.2, 0.25) is 0 Å². The quantitative estimate of drug-likeness (QED) is 0.784. The molecule has 1 aliphatic rings. The third-order valence-corrected chi connectivity index (χ3v) is 2.65. The Morgan fingerprint density at radius 3 is 2.65 bits per heavy atom. The number of hydrogen-bond donors (Lipinski definition) is 2. The molecule has 0 bridgehead atoms. The second kappa shape index (κ2) is 4.06. The Morgan fingerprint density at radius 1 is 1.41 bits per heavy atom. The van der Waals surface area contributed by atoms with Crippen molar-refractivity contribution in [3.8, 4) is 0 Å². The number of halogens is 3. The number of aliphatic hydroxyl groups excluding tert-OH is 1. The van der Waals surface area contributed by atoms with E-state index in [-0.39, 0.29) is 18.2 Å². The molecule has 17 heavy (non-hydrogen) atoms. The first-order chi connectivity index (χ1) is 7.86. The average Bonchev–Trinajstić information content (AvgIpc) is 2.62. The maximum atomic E-state index is 12.6. The summed E-state index contributed by atoms with van der Waals surface area (Å²) in [6, 6.07) is 1.75. The molecule has 0 saturated carbocycles. The van der Waals surface area contributed by atoms with E-state index in [1.54, 1.807) is 4.90 Å². The summed E-state index contributed by atoms with van der Waals surface area (Å²) in [4.78, 5) is 5.45. The molecule has 0 aromatic carbocycles. The van der Waals surface area contributed by atoms with Gasteiger partial charge >= 0.3 is 6.18 Å². The van der Waals surface area contributed by atoms with Gasteiger partial charge in [0.1, 0.15) is 11.6 Å². The highest BCUT2D eigenvalue weighted by molar-refractivity contribution is 5.50. The second-order valence-electron chi connectivity index (χ2n) is 4.03. The lowest BCUT2D eigenvalue weighted by Crippen LogP contribution is -2.23. The predicted molar refractivity (Wildman–Crippen MR) is 56.5 cm³/mol. The van der Waals surface area contributed by atoms with E-state index >= 15 is 0 Å². The molecule has 0 radical (unpaired) electrons. The van der Waals surface area contributed by atoms with E-state index in [4.69, 9.17) is 5.73 Å². The molecule has 1 aliphatic heterocycles. The van der Waals surface area contributed by atoms with Crippen molar-refractivity contribution in [2.24, 2.45) is 0 Å². The van der Waals surface area contributed by atoms with E-state index in [1.807, 2.05) is 0 Å². The van der Waals surface area contributed by atoms with Crippen LogP contribution in [-0.4, -0.2) is 29.3 Å². The Labute approximate surface area is 95.9 Å². The van der Waals surface area contributed by atoms with Crippen LogP contribution in [0.5, 0.6) is 0 Å². The lowest BCUT2D eigenvalue weighted by atomic mass is 10.2. The summed E-state index contributed by atoms with van der Waals surface area (Å²) in [7, 11) is 0. The van der Waals surface area contributed by atoms with Gasteiger partial charge in [-0.05, 0) is 18.6 Å². The topological polar surface area (TPSA) is 62.4 Å². The molecule has 7 heteroatoms. The van der Waals surface area contributed by atoms with Gasteiger partial charge in [0.15, 0.2) is 0 Å². The van der Waals surface area contributed by atoms with Gasteiger partial charge in [-0.1, -0.05) is 0 Å². The van der Waals surface area contributed by atoms with E-state index < -0.39 is 17.8 Å². The summed E-state index contributed by atoms with van der Waals surface area (Å²) < 4.78 is 37.7. The Balaban J connectivity index is 2.32. The highest BCUT2D eigenvalue weighted by Crippen LogP contribution is 2.32. The third kappa shape index (κ3) is 2.60. The van der Waals surface area contributed by atoms with Crippen molar-refractivity contribution >= 4 is 11.6 Å². The second-order valence-corrected chi connectivity index (χ2v) is 4.03. The van der Waals surface area contributed by atoms with Gasteiger partial charge < -0.3 is 15.7 Å². The molecule has 2 rings (SSSR count). The summed E-state index contributed by atoms with van der Waals surface area (Å²) >= 11 is 0. The van der Waals surface area contributed by atoms with Crippen LogP contribution in [0.15, 0.2) is 12.1 Å². The summed E-state index contributed by atoms with van der Waals surface area (Å²) in [5.41, 5.74) is 4.54. The molecular formula is C10H12F3N3O. The largest absolute Gasteiger partial charge is 0.416 e. The molecule has 4 nitrogen and oxygen atoms in total. The molecule has 1 saturated heterocycles. The molecule has 3 N–H and O–H groups in total. The van der Waals surface area contributed by atoms with Crippen LogP contribution in [-0.2, 0) is 6.18 Å². The molecule has 94 valence electrons. The standard InChI is InChI=1S/C10H12F3N3O/c11-10(12,13)6-3-8(14)15-9(4-6)16-2-1-7(17)5-16/h3-4,7,17H,1-2,5H2,(H2,14,15). The molecule has 2 heterocycles. The Bertz CT molecular complexity index is 422. The van der Waals surface area contributed by atoms with Crippen LogP contribution in [0.4, 0.5) is 24.8 Å². The summed E-state index contributed by atoms with van der Waals surface area (Å²) in [6.45, 7) is 0.767. The minimum atomic E-state index is -4.44. The van der Waals surface area contributed by atoms with Gasteiger partial charge in [0.05, 0.1) is 11.7 Å². The zero-order chi connectivity index (χ0) is 12.6. The highest BCUT2D eigenvalue weighted by Gasteiger charge is 2.32. The van der Waals surface area contributed by atoms with Gasteiger partial charge in [-0.15, -0.1) is 0 Å². The average molecular weight is 247 g/mol. The fourth-order valence-electron chi connectivity index (χ4n) is 1.81. The predicted octanol–water partition coefficient (Wildman–Crippen LogP) is 1.25. The van der Waals surface area contributed by atoms with Gasteiger partial charge in [-0.2, -0.15) is 13.2 Å². The summed E-state index contributed by atoms with van der Waals surface area (Å²) in [5.74, 6) is -0.00918.